The molecule has 76 valence electrons. The maximum Gasteiger partial charge on any atom is 0.107 e. The van der Waals surface area contributed by atoms with Crippen LogP contribution in [0, 0.1) is 0 Å². The molecule has 2 aliphatic rings. The summed E-state index contributed by atoms with van der Waals surface area (Å²) in [5.41, 5.74) is 10.3. The summed E-state index contributed by atoms with van der Waals surface area (Å²) in [4.78, 5) is 0. The Balaban J connectivity index is 2.29. The van der Waals surface area contributed by atoms with Gasteiger partial charge in [0, 0.05) is 17.5 Å². The summed E-state index contributed by atoms with van der Waals surface area (Å²) in [6, 6.07) is 5.99. The van der Waals surface area contributed by atoms with Gasteiger partial charge in [-0.2, -0.15) is 0 Å². The molecule has 0 heterocycles. The Morgan fingerprint density at radius 3 is 2.53 bits per heavy atom. The normalized spacial score (nSPS) is 25.9. The zero-order chi connectivity index (χ0) is 10.6. The van der Waals surface area contributed by atoms with Crippen LogP contribution in [0.25, 0.3) is 0 Å². The van der Waals surface area contributed by atoms with E-state index in [1.165, 1.54) is 11.1 Å². The van der Waals surface area contributed by atoms with Gasteiger partial charge in [0.2, 0.25) is 0 Å². The van der Waals surface area contributed by atoms with Gasteiger partial charge in [-0.1, -0.05) is 47.5 Å². The largest absolute Gasteiger partial charge is 0.398 e. The molecule has 0 saturated carbocycles. The average molecular weight is 238 g/mol. The van der Waals surface area contributed by atoms with E-state index < -0.39 is 0 Å². The monoisotopic (exact) mass is 237 g/mol. The van der Waals surface area contributed by atoms with Gasteiger partial charge in [-0.25, -0.2) is 0 Å². The summed E-state index contributed by atoms with van der Waals surface area (Å²) in [5.74, 6) is 0.426. The third-order valence-electron chi connectivity index (χ3n) is 3.20. The van der Waals surface area contributed by atoms with E-state index in [9.17, 15) is 0 Å². The number of nitrogen functional groups attached to an aromatic ring is 1. The van der Waals surface area contributed by atoms with Gasteiger partial charge in [-0.15, -0.1) is 0 Å². The van der Waals surface area contributed by atoms with Crippen molar-refractivity contribution >= 4 is 28.9 Å². The molecule has 2 N–H and O–H groups in total. The topological polar surface area (TPSA) is 26.0 Å². The highest BCUT2D eigenvalue weighted by Crippen LogP contribution is 2.56. The number of halogens is 2. The van der Waals surface area contributed by atoms with E-state index in [0.717, 1.165) is 11.3 Å². The van der Waals surface area contributed by atoms with Gasteiger partial charge >= 0.3 is 0 Å². The lowest BCUT2D eigenvalue weighted by Gasteiger charge is -2.11. The van der Waals surface area contributed by atoms with E-state index >= 15 is 0 Å². The summed E-state index contributed by atoms with van der Waals surface area (Å²) in [6.07, 6.45) is 4.27. The van der Waals surface area contributed by atoms with Crippen molar-refractivity contribution in [1.82, 2.24) is 0 Å². The fraction of sp³-hybridized carbons (Fsp3) is 0.167. The van der Waals surface area contributed by atoms with Crippen molar-refractivity contribution in [3.05, 3.63) is 51.5 Å². The minimum Gasteiger partial charge on any atom is -0.398 e. The van der Waals surface area contributed by atoms with Gasteiger partial charge in [-0.05, 0) is 22.8 Å². The Kier molecular flexibility index (Phi) is 1.88. The highest BCUT2D eigenvalue weighted by molar-refractivity contribution is 6.56. The number of allylic oxidation sites excluding steroid dienone is 3. The van der Waals surface area contributed by atoms with Gasteiger partial charge in [0.1, 0.15) is 4.49 Å². The SMILES string of the molecule is Nc1cccc2c1C1C=CC2C1=C(Cl)Cl. The van der Waals surface area contributed by atoms with Gasteiger partial charge < -0.3 is 5.73 Å². The molecule has 0 spiro atoms. The third kappa shape index (κ3) is 1.11. The van der Waals surface area contributed by atoms with Crippen LogP contribution in [-0.4, -0.2) is 0 Å². The maximum atomic E-state index is 5.98. The minimum absolute atomic E-state index is 0.191. The Bertz CT molecular complexity index is 498. The molecule has 1 aromatic rings. The fourth-order valence-electron chi connectivity index (χ4n) is 2.61. The average Bonchev–Trinajstić information content (AvgIpc) is 2.73. The second-order valence-electron chi connectivity index (χ2n) is 3.91. The van der Waals surface area contributed by atoms with Crippen LogP contribution in [0.3, 0.4) is 0 Å². The lowest BCUT2D eigenvalue weighted by Crippen LogP contribution is -1.98. The lowest BCUT2D eigenvalue weighted by molar-refractivity contribution is 1.04. The van der Waals surface area contributed by atoms with Crippen molar-refractivity contribution in [3.63, 3.8) is 0 Å². The number of nitrogens with two attached hydrogens (primary N) is 1. The first-order valence-corrected chi connectivity index (χ1v) is 5.57. The smallest absolute Gasteiger partial charge is 0.107 e. The number of fused-ring (bicyclic) bond motifs is 5. The van der Waals surface area contributed by atoms with Crippen molar-refractivity contribution in [2.45, 2.75) is 11.8 Å². The Labute approximate surface area is 98.2 Å². The van der Waals surface area contributed by atoms with E-state index in [1.807, 2.05) is 12.1 Å². The standard InChI is InChI=1S/C12H9Cl2N/c13-12(14)11-7-4-5-8(11)10-6(7)2-1-3-9(10)15/h1-5,7-8H,15H2. The van der Waals surface area contributed by atoms with Crippen molar-refractivity contribution in [2.24, 2.45) is 0 Å². The number of rotatable bonds is 0. The molecule has 0 amide bonds. The number of hydrogen-bond donors (Lipinski definition) is 1. The molecule has 2 aliphatic carbocycles. The number of anilines is 1. The molecule has 15 heavy (non-hydrogen) atoms. The maximum absolute atomic E-state index is 5.98. The Morgan fingerprint density at radius 2 is 1.87 bits per heavy atom. The van der Waals surface area contributed by atoms with Gasteiger partial charge in [0.25, 0.3) is 0 Å². The van der Waals surface area contributed by atoms with Crippen LogP contribution in [0.2, 0.25) is 0 Å². The third-order valence-corrected chi connectivity index (χ3v) is 3.64. The van der Waals surface area contributed by atoms with E-state index in [2.05, 4.69) is 18.2 Å². The molecular weight excluding hydrogens is 229 g/mol. The van der Waals surface area contributed by atoms with Crippen LogP contribution in [0.5, 0.6) is 0 Å². The molecule has 2 bridgehead atoms. The first kappa shape index (κ1) is 9.32. The first-order chi connectivity index (χ1) is 7.20. The van der Waals surface area contributed by atoms with Gasteiger partial charge in [0.05, 0.1) is 0 Å². The molecule has 1 nitrogen and oxygen atoms in total. The van der Waals surface area contributed by atoms with E-state index in [1.54, 1.807) is 0 Å². The van der Waals surface area contributed by atoms with Crippen molar-refractivity contribution in [1.29, 1.82) is 0 Å². The molecule has 0 radical (unpaired) electrons. The van der Waals surface area contributed by atoms with Crippen molar-refractivity contribution in [3.8, 4) is 0 Å². The molecule has 1 aromatic carbocycles. The highest BCUT2D eigenvalue weighted by atomic mass is 35.5. The molecule has 0 fully saturated rings. The van der Waals surface area contributed by atoms with Crippen LogP contribution >= 0.6 is 23.2 Å². The second kappa shape index (κ2) is 3.03. The van der Waals surface area contributed by atoms with E-state index in [4.69, 9.17) is 28.9 Å². The molecule has 0 saturated heterocycles. The van der Waals surface area contributed by atoms with Crippen LogP contribution in [0.1, 0.15) is 23.0 Å². The van der Waals surface area contributed by atoms with Crippen LogP contribution in [0.15, 0.2) is 40.4 Å². The van der Waals surface area contributed by atoms with E-state index in [0.29, 0.717) is 4.49 Å². The predicted octanol–water partition coefficient (Wildman–Crippen LogP) is 3.71. The Morgan fingerprint density at radius 1 is 1.13 bits per heavy atom. The lowest BCUT2D eigenvalue weighted by atomic mass is 9.95. The first-order valence-electron chi connectivity index (χ1n) is 4.82. The van der Waals surface area contributed by atoms with Crippen molar-refractivity contribution < 1.29 is 0 Å². The molecule has 3 heteroatoms. The van der Waals surface area contributed by atoms with Crippen LogP contribution in [-0.2, 0) is 0 Å². The van der Waals surface area contributed by atoms with Crippen molar-refractivity contribution in [2.75, 3.05) is 5.73 Å². The zero-order valence-electron chi connectivity index (χ0n) is 7.87. The molecule has 0 aromatic heterocycles. The van der Waals surface area contributed by atoms with E-state index in [-0.39, 0.29) is 11.8 Å². The second-order valence-corrected chi connectivity index (χ2v) is 4.86. The zero-order valence-corrected chi connectivity index (χ0v) is 9.39. The summed E-state index contributed by atoms with van der Waals surface area (Å²) in [7, 11) is 0. The van der Waals surface area contributed by atoms with Crippen LogP contribution < -0.4 is 5.73 Å². The Hall–Kier alpha value is -0.920. The number of benzene rings is 1. The predicted molar refractivity (Wildman–Crippen MR) is 64.2 cm³/mol. The minimum atomic E-state index is 0.191. The molecular formula is C12H9Cl2N. The van der Waals surface area contributed by atoms with Crippen LogP contribution in [0.4, 0.5) is 5.69 Å². The molecule has 2 unspecified atom stereocenters. The molecule has 0 aliphatic heterocycles. The fourth-order valence-corrected chi connectivity index (χ4v) is 3.08. The molecule has 2 atom stereocenters. The summed E-state index contributed by atoms with van der Waals surface area (Å²) in [5, 5.41) is 0. The summed E-state index contributed by atoms with van der Waals surface area (Å²) < 4.78 is 0.380. The van der Waals surface area contributed by atoms with Gasteiger partial charge in [-0.3, -0.25) is 0 Å². The summed E-state index contributed by atoms with van der Waals surface area (Å²) in [6.45, 7) is 0. The molecule has 3 rings (SSSR count). The number of hydrogen-bond acceptors (Lipinski definition) is 1. The quantitative estimate of drug-likeness (QED) is 0.541. The van der Waals surface area contributed by atoms with Gasteiger partial charge in [0.15, 0.2) is 0 Å². The summed E-state index contributed by atoms with van der Waals surface area (Å²) >= 11 is 11.8. The highest BCUT2D eigenvalue weighted by Gasteiger charge is 2.40.